The number of hydrogen-bond donors (Lipinski definition) is 1. The van der Waals surface area contributed by atoms with Crippen molar-refractivity contribution in [1.29, 1.82) is 0 Å². The highest BCUT2D eigenvalue weighted by atomic mass is 16.4. The van der Waals surface area contributed by atoms with Gasteiger partial charge in [-0.1, -0.05) is 30.3 Å². The van der Waals surface area contributed by atoms with E-state index in [0.717, 1.165) is 23.1 Å². The van der Waals surface area contributed by atoms with Gasteiger partial charge in [-0.3, -0.25) is 9.59 Å². The average Bonchev–Trinajstić information content (AvgIpc) is 3.11. The number of amides is 2. The summed E-state index contributed by atoms with van der Waals surface area (Å²) in [6, 6.07) is 15.4. The smallest absolute Gasteiger partial charge is 0.251 e. The zero-order valence-corrected chi connectivity index (χ0v) is 16.1. The van der Waals surface area contributed by atoms with Crippen LogP contribution in [0.4, 0.5) is 0 Å². The lowest BCUT2D eigenvalue weighted by atomic mass is 9.85. The molecule has 0 saturated carbocycles. The molecule has 29 heavy (non-hydrogen) atoms. The fraction of sp³-hybridized carbons (Fsp3) is 0.261. The summed E-state index contributed by atoms with van der Waals surface area (Å²) in [5.74, 6) is 1.13. The van der Waals surface area contributed by atoms with Crippen molar-refractivity contribution in [3.63, 3.8) is 0 Å². The largest absolute Gasteiger partial charge is 0.441 e. The van der Waals surface area contributed by atoms with E-state index in [-0.39, 0.29) is 24.3 Å². The first kappa shape index (κ1) is 17.7. The second-order valence-electron chi connectivity index (χ2n) is 7.51. The van der Waals surface area contributed by atoms with Crippen LogP contribution in [-0.4, -0.2) is 34.8 Å². The van der Waals surface area contributed by atoms with Crippen molar-refractivity contribution in [3.05, 3.63) is 76.7 Å². The standard InChI is InChI=1S/C23H21N3O3/c1-14-18(25-23(29-14)16-6-3-2-4-7-16)12-20(27)26-11-10-15-8-5-9-17-21(15)19(26)13-24-22(17)28/h2-9,19H,10-13H2,1H3,(H,24,28). The number of oxazole rings is 1. The minimum Gasteiger partial charge on any atom is -0.441 e. The van der Waals surface area contributed by atoms with Crippen LogP contribution >= 0.6 is 0 Å². The Labute approximate surface area is 168 Å². The normalized spacial score (nSPS) is 17.6. The van der Waals surface area contributed by atoms with E-state index in [4.69, 9.17) is 4.42 Å². The van der Waals surface area contributed by atoms with Gasteiger partial charge in [0, 0.05) is 24.2 Å². The van der Waals surface area contributed by atoms with Crippen molar-refractivity contribution < 1.29 is 14.0 Å². The Hall–Kier alpha value is -3.41. The number of rotatable bonds is 3. The number of aromatic nitrogens is 1. The van der Waals surface area contributed by atoms with Crippen molar-refractivity contribution in [1.82, 2.24) is 15.2 Å². The van der Waals surface area contributed by atoms with E-state index in [0.29, 0.717) is 36.0 Å². The highest BCUT2D eigenvalue weighted by molar-refractivity contribution is 5.98. The molecule has 5 rings (SSSR count). The van der Waals surface area contributed by atoms with Crippen LogP contribution in [0.5, 0.6) is 0 Å². The van der Waals surface area contributed by atoms with Crippen LogP contribution < -0.4 is 5.32 Å². The molecule has 146 valence electrons. The van der Waals surface area contributed by atoms with Gasteiger partial charge in [-0.15, -0.1) is 0 Å². The predicted molar refractivity (Wildman–Crippen MR) is 107 cm³/mol. The summed E-state index contributed by atoms with van der Waals surface area (Å²) < 4.78 is 5.80. The molecular formula is C23H21N3O3. The number of carbonyl (C=O) groups is 2. The summed E-state index contributed by atoms with van der Waals surface area (Å²) in [4.78, 5) is 31.9. The van der Waals surface area contributed by atoms with Gasteiger partial charge in [0.25, 0.3) is 5.91 Å². The molecule has 0 spiro atoms. The van der Waals surface area contributed by atoms with Gasteiger partial charge in [0.15, 0.2) is 0 Å². The van der Waals surface area contributed by atoms with E-state index < -0.39 is 0 Å². The Kier molecular flexibility index (Phi) is 4.19. The van der Waals surface area contributed by atoms with Gasteiger partial charge in [0.1, 0.15) is 5.76 Å². The third-order valence-electron chi connectivity index (χ3n) is 5.78. The van der Waals surface area contributed by atoms with Gasteiger partial charge in [-0.05, 0) is 42.7 Å². The van der Waals surface area contributed by atoms with E-state index in [2.05, 4.69) is 16.4 Å². The Balaban J connectivity index is 1.41. The van der Waals surface area contributed by atoms with E-state index in [1.54, 1.807) is 0 Å². The molecule has 0 aliphatic carbocycles. The van der Waals surface area contributed by atoms with E-state index >= 15 is 0 Å². The zero-order valence-electron chi connectivity index (χ0n) is 16.1. The number of aryl methyl sites for hydroxylation is 1. The molecule has 1 unspecified atom stereocenters. The molecule has 6 heteroatoms. The molecule has 0 radical (unpaired) electrons. The molecule has 2 aliphatic rings. The molecule has 0 saturated heterocycles. The lowest BCUT2D eigenvalue weighted by Gasteiger charge is -2.40. The maximum atomic E-state index is 13.2. The Morgan fingerprint density at radius 2 is 2.03 bits per heavy atom. The summed E-state index contributed by atoms with van der Waals surface area (Å²) >= 11 is 0. The Bertz CT molecular complexity index is 1100. The van der Waals surface area contributed by atoms with Crippen LogP contribution in [0, 0.1) is 6.92 Å². The van der Waals surface area contributed by atoms with Crippen LogP contribution in [0.2, 0.25) is 0 Å². The number of nitrogens with zero attached hydrogens (tertiary/aromatic N) is 2. The fourth-order valence-electron chi connectivity index (χ4n) is 4.31. The number of benzene rings is 2. The maximum Gasteiger partial charge on any atom is 0.251 e. The molecule has 2 aromatic carbocycles. The van der Waals surface area contributed by atoms with Crippen LogP contribution in [0.25, 0.3) is 11.5 Å². The summed E-state index contributed by atoms with van der Waals surface area (Å²) in [6.45, 7) is 2.92. The third-order valence-corrected chi connectivity index (χ3v) is 5.78. The number of nitrogens with one attached hydrogen (secondary N) is 1. The van der Waals surface area contributed by atoms with Crippen molar-refractivity contribution >= 4 is 11.8 Å². The molecule has 0 bridgehead atoms. The highest BCUT2D eigenvalue weighted by Crippen LogP contribution is 2.35. The summed E-state index contributed by atoms with van der Waals surface area (Å²) in [7, 11) is 0. The summed E-state index contributed by atoms with van der Waals surface area (Å²) in [6.07, 6.45) is 0.940. The van der Waals surface area contributed by atoms with Gasteiger partial charge in [-0.25, -0.2) is 4.98 Å². The van der Waals surface area contributed by atoms with Crippen molar-refractivity contribution in [2.45, 2.75) is 25.8 Å². The first-order chi connectivity index (χ1) is 14.1. The second-order valence-corrected chi connectivity index (χ2v) is 7.51. The van der Waals surface area contributed by atoms with Crippen LogP contribution in [-0.2, 0) is 17.6 Å². The Morgan fingerprint density at radius 3 is 2.86 bits per heavy atom. The molecule has 0 fully saturated rings. The molecule has 3 heterocycles. The van der Waals surface area contributed by atoms with Gasteiger partial charge >= 0.3 is 0 Å². The van der Waals surface area contributed by atoms with Crippen LogP contribution in [0.15, 0.2) is 52.9 Å². The molecule has 1 atom stereocenters. The first-order valence-corrected chi connectivity index (χ1v) is 9.83. The van der Waals surface area contributed by atoms with Gasteiger partial charge < -0.3 is 14.6 Å². The number of carbonyl (C=O) groups excluding carboxylic acids is 2. The average molecular weight is 387 g/mol. The lowest BCUT2D eigenvalue weighted by Crippen LogP contribution is -2.49. The Morgan fingerprint density at radius 1 is 1.21 bits per heavy atom. The van der Waals surface area contributed by atoms with Crippen LogP contribution in [0.3, 0.4) is 0 Å². The van der Waals surface area contributed by atoms with Crippen molar-refractivity contribution in [2.75, 3.05) is 13.1 Å². The quantitative estimate of drug-likeness (QED) is 0.749. The SMILES string of the molecule is Cc1oc(-c2ccccc2)nc1CC(=O)N1CCc2cccc3c2C1CNC3=O. The molecule has 3 aromatic rings. The van der Waals surface area contributed by atoms with E-state index in [9.17, 15) is 9.59 Å². The minimum atomic E-state index is -0.124. The highest BCUT2D eigenvalue weighted by Gasteiger charge is 2.37. The van der Waals surface area contributed by atoms with Gasteiger partial charge in [-0.2, -0.15) is 0 Å². The number of hydrogen-bond acceptors (Lipinski definition) is 4. The van der Waals surface area contributed by atoms with Crippen molar-refractivity contribution in [2.24, 2.45) is 0 Å². The molecular weight excluding hydrogens is 366 g/mol. The van der Waals surface area contributed by atoms with Gasteiger partial charge in [0.05, 0.1) is 18.2 Å². The van der Waals surface area contributed by atoms with Gasteiger partial charge in [0.2, 0.25) is 11.8 Å². The second kappa shape index (κ2) is 6.88. The first-order valence-electron chi connectivity index (χ1n) is 9.83. The summed E-state index contributed by atoms with van der Waals surface area (Å²) in [5, 5.41) is 2.92. The molecule has 1 N–H and O–H groups in total. The van der Waals surface area contributed by atoms with Crippen molar-refractivity contribution in [3.8, 4) is 11.5 Å². The lowest BCUT2D eigenvalue weighted by molar-refractivity contribution is -0.133. The minimum absolute atomic E-state index is 0.00242. The topological polar surface area (TPSA) is 75.4 Å². The van der Waals surface area contributed by atoms with Crippen LogP contribution in [0.1, 0.15) is 39.0 Å². The summed E-state index contributed by atoms with van der Waals surface area (Å²) in [5.41, 5.74) is 4.39. The molecule has 1 aromatic heterocycles. The molecule has 2 aliphatic heterocycles. The molecule has 6 nitrogen and oxygen atoms in total. The van der Waals surface area contributed by atoms with E-state index in [1.807, 2.05) is 54.3 Å². The molecule has 2 amide bonds. The zero-order chi connectivity index (χ0) is 20.0. The third kappa shape index (κ3) is 3.01. The van der Waals surface area contributed by atoms with E-state index in [1.165, 1.54) is 0 Å². The predicted octanol–water partition coefficient (Wildman–Crippen LogP) is 3.06. The fourth-order valence-corrected chi connectivity index (χ4v) is 4.31. The maximum absolute atomic E-state index is 13.2. The monoisotopic (exact) mass is 387 g/mol.